The Bertz CT molecular complexity index is 712. The quantitative estimate of drug-likeness (QED) is 0.592. The first kappa shape index (κ1) is 17.1. The number of carbonyl (C=O) groups excluding carboxylic acids is 1. The number of carbonyl (C=O) groups is 1. The zero-order valence-corrected chi connectivity index (χ0v) is 14.1. The number of hydrogen-bond donors (Lipinski definition) is 1. The minimum Gasteiger partial charge on any atom is -0.485 e. The lowest BCUT2D eigenvalue weighted by Gasteiger charge is -2.11. The first-order valence-corrected chi connectivity index (χ1v) is 8.14. The largest absolute Gasteiger partial charge is 0.485 e. The minimum absolute atomic E-state index is 0.160. The first-order valence-electron chi connectivity index (χ1n) is 7.15. The molecule has 0 saturated heterocycles. The number of aryl methyl sites for hydroxylation is 2. The Labute approximate surface area is 139 Å². The van der Waals surface area contributed by atoms with Gasteiger partial charge in [-0.15, -0.1) is 16.8 Å². The van der Waals surface area contributed by atoms with Crippen LogP contribution in [-0.4, -0.2) is 26.4 Å². The molecule has 1 aromatic heterocycles. The smallest absolute Gasteiger partial charge is 0.227 e. The molecule has 0 atom stereocenters. The van der Waals surface area contributed by atoms with Gasteiger partial charge >= 0.3 is 0 Å². The molecule has 1 amide bonds. The van der Waals surface area contributed by atoms with Gasteiger partial charge in [0.1, 0.15) is 12.4 Å². The Morgan fingerprint density at radius 2 is 2.22 bits per heavy atom. The van der Waals surface area contributed by atoms with Gasteiger partial charge in [-0.05, 0) is 25.5 Å². The summed E-state index contributed by atoms with van der Waals surface area (Å²) in [6.45, 7) is 8.62. The van der Waals surface area contributed by atoms with Crippen molar-refractivity contribution in [2.75, 3.05) is 5.75 Å². The number of nitrogens with two attached hydrogens (primary N) is 1. The minimum atomic E-state index is -0.392. The molecular formula is C16H20N4O2S. The van der Waals surface area contributed by atoms with Crippen LogP contribution in [-0.2, 0) is 17.9 Å². The van der Waals surface area contributed by atoms with E-state index in [0.29, 0.717) is 24.1 Å². The van der Waals surface area contributed by atoms with Crippen molar-refractivity contribution in [3.8, 4) is 5.75 Å². The molecule has 0 unspecified atom stereocenters. The van der Waals surface area contributed by atoms with E-state index in [-0.39, 0.29) is 5.75 Å². The summed E-state index contributed by atoms with van der Waals surface area (Å²) in [7, 11) is 0. The number of aromatic nitrogens is 3. The van der Waals surface area contributed by atoms with E-state index in [9.17, 15) is 4.79 Å². The summed E-state index contributed by atoms with van der Waals surface area (Å²) in [6.07, 6.45) is 1.75. The summed E-state index contributed by atoms with van der Waals surface area (Å²) < 4.78 is 7.71. The summed E-state index contributed by atoms with van der Waals surface area (Å²) in [4.78, 5) is 10.9. The topological polar surface area (TPSA) is 83.0 Å². The highest BCUT2D eigenvalue weighted by Gasteiger charge is 2.13. The van der Waals surface area contributed by atoms with Crippen molar-refractivity contribution in [1.29, 1.82) is 0 Å². The Kier molecular flexibility index (Phi) is 5.81. The molecule has 23 heavy (non-hydrogen) atoms. The van der Waals surface area contributed by atoms with Crippen LogP contribution in [0.4, 0.5) is 0 Å². The number of ether oxygens (including phenoxy) is 1. The summed E-state index contributed by atoms with van der Waals surface area (Å²) in [5, 5.41) is 8.87. The Morgan fingerprint density at radius 3 is 2.87 bits per heavy atom. The molecule has 0 fully saturated rings. The van der Waals surface area contributed by atoms with E-state index in [2.05, 4.69) is 22.8 Å². The third-order valence-electron chi connectivity index (χ3n) is 3.14. The summed E-state index contributed by atoms with van der Waals surface area (Å²) in [6, 6.07) is 6.02. The Hall–Kier alpha value is -2.28. The molecular weight excluding hydrogens is 312 g/mol. The summed E-state index contributed by atoms with van der Waals surface area (Å²) >= 11 is 1.25. The molecule has 0 aliphatic rings. The van der Waals surface area contributed by atoms with E-state index in [1.165, 1.54) is 17.3 Å². The Balaban J connectivity index is 2.12. The monoisotopic (exact) mass is 332 g/mol. The highest BCUT2D eigenvalue weighted by atomic mass is 32.2. The maximum Gasteiger partial charge on any atom is 0.227 e. The third-order valence-corrected chi connectivity index (χ3v) is 4.12. The zero-order valence-electron chi connectivity index (χ0n) is 13.3. The van der Waals surface area contributed by atoms with Crippen molar-refractivity contribution in [3.05, 3.63) is 47.8 Å². The average Bonchev–Trinajstić information content (AvgIpc) is 2.87. The number of benzene rings is 1. The van der Waals surface area contributed by atoms with Crippen molar-refractivity contribution in [1.82, 2.24) is 14.8 Å². The molecule has 1 heterocycles. The Morgan fingerprint density at radius 1 is 1.43 bits per heavy atom. The van der Waals surface area contributed by atoms with Crippen LogP contribution in [0, 0.1) is 13.8 Å². The number of rotatable bonds is 8. The van der Waals surface area contributed by atoms with Crippen LogP contribution in [0.25, 0.3) is 0 Å². The van der Waals surface area contributed by atoms with E-state index in [1.54, 1.807) is 6.08 Å². The lowest BCUT2D eigenvalue weighted by molar-refractivity contribution is -0.115. The third kappa shape index (κ3) is 4.59. The maximum absolute atomic E-state index is 10.9. The van der Waals surface area contributed by atoms with Gasteiger partial charge in [-0.2, -0.15) is 0 Å². The molecule has 2 N–H and O–H groups in total. The van der Waals surface area contributed by atoms with Gasteiger partial charge in [0, 0.05) is 6.54 Å². The van der Waals surface area contributed by atoms with Gasteiger partial charge in [0.05, 0.1) is 5.75 Å². The van der Waals surface area contributed by atoms with Gasteiger partial charge in [-0.25, -0.2) is 0 Å². The molecule has 0 spiro atoms. The number of allylic oxidation sites excluding steroid dienone is 1. The number of primary amides is 1. The number of amides is 1. The number of thioether (sulfide) groups is 1. The second-order valence-electron chi connectivity index (χ2n) is 5.11. The number of hydrogen-bond acceptors (Lipinski definition) is 5. The van der Waals surface area contributed by atoms with Crippen LogP contribution < -0.4 is 10.5 Å². The lowest BCUT2D eigenvalue weighted by atomic mass is 10.1. The van der Waals surface area contributed by atoms with Crippen LogP contribution in [0.2, 0.25) is 0 Å². The van der Waals surface area contributed by atoms with Crippen LogP contribution in [0.1, 0.15) is 17.0 Å². The molecule has 2 rings (SSSR count). The van der Waals surface area contributed by atoms with Crippen LogP contribution in [0.15, 0.2) is 36.0 Å². The second kappa shape index (κ2) is 7.82. The normalized spacial score (nSPS) is 10.5. The van der Waals surface area contributed by atoms with Crippen LogP contribution >= 0.6 is 11.8 Å². The van der Waals surface area contributed by atoms with E-state index in [0.717, 1.165) is 11.3 Å². The molecule has 0 radical (unpaired) electrons. The standard InChI is InChI=1S/C16H20N4O2S/c1-4-7-20-15(18-19-16(20)23-10-14(17)21)9-22-13-6-5-11(2)8-12(13)3/h4-6,8H,1,7,9-10H2,2-3H3,(H2,17,21). The molecule has 0 aliphatic heterocycles. The van der Waals surface area contributed by atoms with Crippen molar-refractivity contribution >= 4 is 17.7 Å². The fourth-order valence-electron chi connectivity index (χ4n) is 2.08. The summed E-state index contributed by atoms with van der Waals surface area (Å²) in [5.41, 5.74) is 7.43. The molecule has 6 nitrogen and oxygen atoms in total. The van der Waals surface area contributed by atoms with Gasteiger partial charge in [-0.3, -0.25) is 9.36 Å². The fraction of sp³-hybridized carbons (Fsp3) is 0.312. The van der Waals surface area contributed by atoms with Crippen molar-refractivity contribution < 1.29 is 9.53 Å². The van der Waals surface area contributed by atoms with Crippen LogP contribution in [0.5, 0.6) is 5.75 Å². The van der Waals surface area contributed by atoms with Crippen molar-refractivity contribution in [2.24, 2.45) is 5.73 Å². The van der Waals surface area contributed by atoms with E-state index >= 15 is 0 Å². The predicted octanol–water partition coefficient (Wildman–Crippen LogP) is 2.24. The van der Waals surface area contributed by atoms with Crippen molar-refractivity contribution in [3.63, 3.8) is 0 Å². The maximum atomic E-state index is 10.9. The summed E-state index contributed by atoms with van der Waals surface area (Å²) in [5.74, 6) is 1.26. The zero-order chi connectivity index (χ0) is 16.8. The van der Waals surface area contributed by atoms with Crippen LogP contribution in [0.3, 0.4) is 0 Å². The SMILES string of the molecule is C=CCn1c(COc2ccc(C)cc2C)nnc1SCC(N)=O. The highest BCUT2D eigenvalue weighted by molar-refractivity contribution is 7.99. The molecule has 0 bridgehead atoms. The molecule has 1 aromatic carbocycles. The van der Waals surface area contributed by atoms with Crippen molar-refractivity contribution in [2.45, 2.75) is 32.2 Å². The average molecular weight is 332 g/mol. The molecule has 0 aliphatic carbocycles. The highest BCUT2D eigenvalue weighted by Crippen LogP contribution is 2.21. The molecule has 0 saturated carbocycles. The lowest BCUT2D eigenvalue weighted by Crippen LogP contribution is -2.14. The predicted molar refractivity (Wildman–Crippen MR) is 90.4 cm³/mol. The molecule has 122 valence electrons. The van der Waals surface area contributed by atoms with E-state index < -0.39 is 5.91 Å². The van der Waals surface area contributed by atoms with Gasteiger partial charge in [-0.1, -0.05) is 35.5 Å². The number of nitrogens with zero attached hydrogens (tertiary/aromatic N) is 3. The molecule has 2 aromatic rings. The van der Waals surface area contributed by atoms with Gasteiger partial charge < -0.3 is 10.5 Å². The second-order valence-corrected chi connectivity index (χ2v) is 6.05. The van der Waals surface area contributed by atoms with Gasteiger partial charge in [0.25, 0.3) is 0 Å². The van der Waals surface area contributed by atoms with Gasteiger partial charge in [0.15, 0.2) is 11.0 Å². The van der Waals surface area contributed by atoms with Gasteiger partial charge in [0.2, 0.25) is 5.91 Å². The van der Waals surface area contributed by atoms with E-state index in [4.69, 9.17) is 10.5 Å². The molecule has 7 heteroatoms. The fourth-order valence-corrected chi connectivity index (χ4v) is 2.79. The first-order chi connectivity index (χ1) is 11.0. The van der Waals surface area contributed by atoms with E-state index in [1.807, 2.05) is 30.5 Å².